The minimum absolute atomic E-state index is 0.0600. The number of methoxy groups -OCH3 is 1. The van der Waals surface area contributed by atoms with Gasteiger partial charge in [-0.05, 0) is 44.4 Å². The number of ether oxygens (including phenoxy) is 2. The van der Waals surface area contributed by atoms with Crippen LogP contribution in [0.5, 0.6) is 11.5 Å². The molecular weight excluding hydrogens is 410 g/mol. The van der Waals surface area contributed by atoms with Gasteiger partial charge in [0.2, 0.25) is 0 Å². The first-order valence-corrected chi connectivity index (χ1v) is 10.1. The van der Waals surface area contributed by atoms with E-state index in [-0.39, 0.29) is 30.2 Å². The number of carbonyl (C=O) groups is 2. The van der Waals surface area contributed by atoms with Crippen molar-refractivity contribution in [2.75, 3.05) is 39.7 Å². The van der Waals surface area contributed by atoms with Gasteiger partial charge in [-0.15, -0.1) is 0 Å². The Bertz CT molecular complexity index is 1030. The van der Waals surface area contributed by atoms with Crippen molar-refractivity contribution in [2.24, 2.45) is 0 Å². The van der Waals surface area contributed by atoms with Gasteiger partial charge in [-0.3, -0.25) is 9.59 Å². The minimum atomic E-state index is -0.365. The molecule has 1 aromatic heterocycles. The molecule has 0 spiro atoms. The molecule has 3 rings (SSSR count). The molecular formula is C24H27N3O5. The zero-order chi connectivity index (χ0) is 22.9. The monoisotopic (exact) mass is 437 g/mol. The van der Waals surface area contributed by atoms with Crippen molar-refractivity contribution < 1.29 is 23.5 Å². The van der Waals surface area contributed by atoms with E-state index < -0.39 is 0 Å². The molecule has 3 aromatic rings. The molecule has 2 aromatic carbocycles. The molecule has 8 heteroatoms. The van der Waals surface area contributed by atoms with Crippen LogP contribution in [0.1, 0.15) is 22.2 Å². The molecule has 0 aliphatic heterocycles. The average molecular weight is 437 g/mol. The van der Waals surface area contributed by atoms with Crippen molar-refractivity contribution in [3.8, 4) is 11.5 Å². The molecule has 2 N–H and O–H groups in total. The Morgan fingerprint density at radius 1 is 1.06 bits per heavy atom. The largest absolute Gasteiger partial charge is 0.496 e. The lowest BCUT2D eigenvalue weighted by Gasteiger charge is -2.26. The van der Waals surface area contributed by atoms with Gasteiger partial charge in [0.05, 0.1) is 19.4 Å². The van der Waals surface area contributed by atoms with Gasteiger partial charge >= 0.3 is 0 Å². The fraction of sp³-hybridized carbons (Fsp3) is 0.250. The smallest absolute Gasteiger partial charge is 0.291 e. The van der Waals surface area contributed by atoms with Crippen LogP contribution >= 0.6 is 0 Å². The molecule has 0 aliphatic rings. The van der Waals surface area contributed by atoms with Crippen molar-refractivity contribution >= 4 is 17.5 Å². The average Bonchev–Trinajstić information content (AvgIpc) is 3.33. The molecule has 168 valence electrons. The van der Waals surface area contributed by atoms with Crippen molar-refractivity contribution in [1.29, 1.82) is 0 Å². The van der Waals surface area contributed by atoms with Gasteiger partial charge in [-0.2, -0.15) is 0 Å². The molecule has 0 saturated heterocycles. The Labute approximate surface area is 187 Å². The van der Waals surface area contributed by atoms with Gasteiger partial charge in [-0.25, -0.2) is 0 Å². The number of carbonyl (C=O) groups excluding carboxylic acids is 2. The Hall–Kier alpha value is -3.78. The number of likely N-dealkylation sites (N-methyl/N-ethyl adjacent to an activating group) is 1. The van der Waals surface area contributed by atoms with E-state index in [0.717, 1.165) is 11.3 Å². The number of amides is 2. The molecule has 0 saturated carbocycles. The summed E-state index contributed by atoms with van der Waals surface area (Å²) in [4.78, 5) is 26.5. The molecule has 0 aliphatic carbocycles. The second kappa shape index (κ2) is 11.0. The zero-order valence-electron chi connectivity index (χ0n) is 18.3. The van der Waals surface area contributed by atoms with Gasteiger partial charge in [0, 0.05) is 23.9 Å². The van der Waals surface area contributed by atoms with E-state index in [4.69, 9.17) is 13.9 Å². The molecule has 2 amide bonds. The van der Waals surface area contributed by atoms with Crippen molar-refractivity contribution in [1.82, 2.24) is 10.2 Å². The van der Waals surface area contributed by atoms with Gasteiger partial charge in [-0.1, -0.05) is 24.3 Å². The lowest BCUT2D eigenvalue weighted by Crippen LogP contribution is -2.37. The third-order valence-electron chi connectivity index (χ3n) is 4.82. The van der Waals surface area contributed by atoms with E-state index in [1.54, 1.807) is 43.5 Å². The number of nitrogens with zero attached hydrogens (tertiary/aromatic N) is 1. The number of furan rings is 1. The summed E-state index contributed by atoms with van der Waals surface area (Å²) < 4.78 is 16.1. The summed E-state index contributed by atoms with van der Waals surface area (Å²) >= 11 is 0. The highest BCUT2D eigenvalue weighted by Crippen LogP contribution is 2.27. The van der Waals surface area contributed by atoms with Crippen LogP contribution in [0, 0.1) is 0 Å². The maximum Gasteiger partial charge on any atom is 0.291 e. The summed E-state index contributed by atoms with van der Waals surface area (Å²) in [6.07, 6.45) is 1.43. The van der Waals surface area contributed by atoms with Crippen molar-refractivity contribution in [3.05, 3.63) is 78.3 Å². The van der Waals surface area contributed by atoms with Crippen LogP contribution in [0.25, 0.3) is 0 Å². The lowest BCUT2D eigenvalue weighted by molar-refractivity contribution is -0.123. The molecule has 0 bridgehead atoms. The van der Waals surface area contributed by atoms with E-state index >= 15 is 0 Å². The number of hydrogen-bond donors (Lipinski definition) is 2. The standard InChI is InChI=1S/C24H27N3O5/c1-27(2)20(19-10-4-5-11-21(19)30-3)15-25-23(28)16-32-18-9-6-8-17(14-18)26-24(29)22-12-7-13-31-22/h4-14,20H,15-16H2,1-3H3,(H,25,28)(H,26,29). The molecule has 32 heavy (non-hydrogen) atoms. The third-order valence-corrected chi connectivity index (χ3v) is 4.82. The summed E-state index contributed by atoms with van der Waals surface area (Å²) in [6.45, 7) is 0.246. The predicted octanol–water partition coefficient (Wildman–Crippen LogP) is 3.34. The first-order chi connectivity index (χ1) is 15.5. The van der Waals surface area contributed by atoms with Crippen LogP contribution in [0.3, 0.4) is 0 Å². The molecule has 1 unspecified atom stereocenters. The highest BCUT2D eigenvalue weighted by Gasteiger charge is 2.19. The van der Waals surface area contributed by atoms with E-state index in [9.17, 15) is 9.59 Å². The number of anilines is 1. The number of para-hydroxylation sites is 1. The van der Waals surface area contributed by atoms with E-state index in [2.05, 4.69) is 10.6 Å². The maximum atomic E-state index is 12.4. The number of nitrogens with one attached hydrogen (secondary N) is 2. The van der Waals surface area contributed by atoms with Crippen LogP contribution in [-0.2, 0) is 4.79 Å². The highest BCUT2D eigenvalue weighted by atomic mass is 16.5. The molecule has 0 fully saturated rings. The summed E-state index contributed by atoms with van der Waals surface area (Å²) in [5, 5.41) is 5.63. The van der Waals surface area contributed by atoms with E-state index in [1.165, 1.54) is 6.26 Å². The minimum Gasteiger partial charge on any atom is -0.496 e. The second-order valence-electron chi connectivity index (χ2n) is 7.27. The lowest BCUT2D eigenvalue weighted by atomic mass is 10.0. The van der Waals surface area contributed by atoms with Crippen LogP contribution in [0.2, 0.25) is 0 Å². The Balaban J connectivity index is 1.53. The SMILES string of the molecule is COc1ccccc1C(CNC(=O)COc1cccc(NC(=O)c2ccco2)c1)N(C)C. The highest BCUT2D eigenvalue weighted by molar-refractivity contribution is 6.02. The van der Waals surface area contributed by atoms with E-state index in [0.29, 0.717) is 18.0 Å². The Kier molecular flexibility index (Phi) is 7.88. The number of rotatable bonds is 10. The van der Waals surface area contributed by atoms with Crippen molar-refractivity contribution in [3.63, 3.8) is 0 Å². The fourth-order valence-corrected chi connectivity index (χ4v) is 3.19. The number of hydrogen-bond acceptors (Lipinski definition) is 6. The Morgan fingerprint density at radius 2 is 1.88 bits per heavy atom. The maximum absolute atomic E-state index is 12.4. The van der Waals surface area contributed by atoms with Crippen LogP contribution in [-0.4, -0.2) is 51.1 Å². The second-order valence-corrected chi connectivity index (χ2v) is 7.27. The van der Waals surface area contributed by atoms with Crippen LogP contribution in [0.4, 0.5) is 5.69 Å². The fourth-order valence-electron chi connectivity index (χ4n) is 3.19. The summed E-state index contributed by atoms with van der Waals surface area (Å²) in [5.74, 6) is 0.824. The molecule has 1 atom stereocenters. The molecule has 8 nitrogen and oxygen atoms in total. The summed E-state index contributed by atoms with van der Waals surface area (Å²) in [7, 11) is 5.52. The van der Waals surface area contributed by atoms with E-state index in [1.807, 2.05) is 43.3 Å². The quantitative estimate of drug-likeness (QED) is 0.505. The zero-order valence-corrected chi connectivity index (χ0v) is 18.3. The normalized spacial score (nSPS) is 11.6. The van der Waals surface area contributed by atoms with Gasteiger partial charge in [0.1, 0.15) is 11.5 Å². The first-order valence-electron chi connectivity index (χ1n) is 10.1. The van der Waals surface area contributed by atoms with Gasteiger partial charge in [0.15, 0.2) is 12.4 Å². The van der Waals surface area contributed by atoms with Crippen LogP contribution in [0.15, 0.2) is 71.3 Å². The molecule has 1 heterocycles. The number of benzene rings is 2. The third kappa shape index (κ3) is 6.12. The summed E-state index contributed by atoms with van der Waals surface area (Å²) in [6, 6.07) is 17.7. The topological polar surface area (TPSA) is 93.0 Å². The van der Waals surface area contributed by atoms with Gasteiger partial charge < -0.3 is 29.4 Å². The molecule has 0 radical (unpaired) electrons. The Morgan fingerprint density at radius 3 is 2.59 bits per heavy atom. The van der Waals surface area contributed by atoms with Gasteiger partial charge in [0.25, 0.3) is 11.8 Å². The predicted molar refractivity (Wildman–Crippen MR) is 121 cm³/mol. The summed E-state index contributed by atoms with van der Waals surface area (Å²) in [5.41, 5.74) is 1.52. The van der Waals surface area contributed by atoms with Crippen molar-refractivity contribution in [2.45, 2.75) is 6.04 Å². The van der Waals surface area contributed by atoms with Crippen LogP contribution < -0.4 is 20.1 Å². The first kappa shape index (κ1) is 22.9.